The van der Waals surface area contributed by atoms with E-state index in [0.29, 0.717) is 6.20 Å². The van der Waals surface area contributed by atoms with Crippen molar-refractivity contribution < 1.29 is 22.7 Å². The third kappa shape index (κ3) is 2.13. The van der Waals surface area contributed by atoms with Crippen LogP contribution >= 0.6 is 0 Å². The second-order valence-corrected chi connectivity index (χ2v) is 2.84. The molecule has 1 aromatic rings. The van der Waals surface area contributed by atoms with Crippen molar-refractivity contribution >= 4 is 5.97 Å². The molecule has 1 aromatic heterocycles. The van der Waals surface area contributed by atoms with E-state index >= 15 is 0 Å². The highest BCUT2D eigenvalue weighted by molar-refractivity contribution is 5.91. The Morgan fingerprint density at radius 3 is 2.69 bits per heavy atom. The van der Waals surface area contributed by atoms with Crippen LogP contribution in [0.25, 0.3) is 0 Å². The van der Waals surface area contributed by atoms with E-state index in [2.05, 4.69) is 9.72 Å². The van der Waals surface area contributed by atoms with Gasteiger partial charge >= 0.3 is 5.97 Å². The van der Waals surface area contributed by atoms with Crippen molar-refractivity contribution in [2.24, 2.45) is 5.73 Å². The molecule has 0 saturated heterocycles. The van der Waals surface area contributed by atoms with E-state index in [1.54, 1.807) is 0 Å². The fourth-order valence-electron chi connectivity index (χ4n) is 1.26. The van der Waals surface area contributed by atoms with Gasteiger partial charge in [0.05, 0.1) is 13.3 Å². The van der Waals surface area contributed by atoms with Crippen LogP contribution in [0, 0.1) is 5.82 Å². The normalized spacial score (nSPS) is 10.6. The summed E-state index contributed by atoms with van der Waals surface area (Å²) in [5.74, 6) is -2.08. The molecule has 0 aromatic carbocycles. The fourth-order valence-corrected chi connectivity index (χ4v) is 1.26. The van der Waals surface area contributed by atoms with E-state index in [9.17, 15) is 18.0 Å². The SMILES string of the molecule is COC(=O)c1c(F)cnc(C(F)F)c1CN. The van der Waals surface area contributed by atoms with E-state index in [1.165, 1.54) is 0 Å². The third-order valence-electron chi connectivity index (χ3n) is 1.97. The summed E-state index contributed by atoms with van der Waals surface area (Å²) in [5.41, 5.74) is 3.58. The predicted octanol–water partition coefficient (Wildman–Crippen LogP) is 1.40. The Balaban J connectivity index is 3.44. The number of pyridine rings is 1. The molecule has 4 nitrogen and oxygen atoms in total. The van der Waals surface area contributed by atoms with Crippen molar-refractivity contribution in [1.82, 2.24) is 4.98 Å². The van der Waals surface area contributed by atoms with Crippen LogP contribution in [0.3, 0.4) is 0 Å². The van der Waals surface area contributed by atoms with Crippen LogP contribution in [0.15, 0.2) is 6.20 Å². The van der Waals surface area contributed by atoms with Gasteiger partial charge in [-0.3, -0.25) is 4.98 Å². The number of nitrogens with two attached hydrogens (primary N) is 1. The second-order valence-electron chi connectivity index (χ2n) is 2.84. The summed E-state index contributed by atoms with van der Waals surface area (Å²) in [6.45, 7) is -0.422. The summed E-state index contributed by atoms with van der Waals surface area (Å²) < 4.78 is 42.5. The number of ether oxygens (including phenoxy) is 1. The molecule has 0 atom stereocenters. The van der Waals surface area contributed by atoms with E-state index in [4.69, 9.17) is 5.73 Å². The highest BCUT2D eigenvalue weighted by Gasteiger charge is 2.24. The molecular formula is C9H9F3N2O2. The van der Waals surface area contributed by atoms with Crippen molar-refractivity contribution in [2.45, 2.75) is 13.0 Å². The summed E-state index contributed by atoms with van der Waals surface area (Å²) in [6, 6.07) is 0. The Kier molecular flexibility index (Phi) is 3.83. The Bertz CT molecular complexity index is 410. The molecule has 0 aliphatic heterocycles. The minimum atomic E-state index is -2.93. The Labute approximate surface area is 89.2 Å². The lowest BCUT2D eigenvalue weighted by Gasteiger charge is -2.11. The number of esters is 1. The quantitative estimate of drug-likeness (QED) is 0.803. The number of halogens is 3. The molecule has 0 amide bonds. The minimum absolute atomic E-state index is 0.332. The number of carbonyl (C=O) groups excluding carboxylic acids is 1. The molecule has 1 heterocycles. The zero-order valence-corrected chi connectivity index (χ0v) is 8.34. The molecule has 7 heteroatoms. The molecule has 2 N–H and O–H groups in total. The lowest BCUT2D eigenvalue weighted by atomic mass is 10.1. The van der Waals surface area contributed by atoms with Crippen molar-refractivity contribution in [1.29, 1.82) is 0 Å². The largest absolute Gasteiger partial charge is 0.465 e. The average molecular weight is 234 g/mol. The van der Waals surface area contributed by atoms with Gasteiger partial charge in [0, 0.05) is 12.1 Å². The predicted molar refractivity (Wildman–Crippen MR) is 48.4 cm³/mol. The van der Waals surface area contributed by atoms with Crippen LogP contribution in [0.4, 0.5) is 13.2 Å². The van der Waals surface area contributed by atoms with Crippen LogP contribution in [0.1, 0.15) is 28.0 Å². The molecule has 0 saturated carbocycles. The van der Waals surface area contributed by atoms with Gasteiger partial charge in [-0.15, -0.1) is 0 Å². The maximum atomic E-state index is 13.3. The molecule has 88 valence electrons. The first-order chi connectivity index (χ1) is 7.52. The number of hydrogen-bond acceptors (Lipinski definition) is 4. The zero-order chi connectivity index (χ0) is 12.3. The number of alkyl halides is 2. The molecular weight excluding hydrogens is 225 g/mol. The van der Waals surface area contributed by atoms with Gasteiger partial charge in [0.25, 0.3) is 6.43 Å². The van der Waals surface area contributed by atoms with Crippen molar-refractivity contribution in [3.8, 4) is 0 Å². The van der Waals surface area contributed by atoms with Gasteiger partial charge in [-0.1, -0.05) is 0 Å². The molecule has 16 heavy (non-hydrogen) atoms. The van der Waals surface area contributed by atoms with E-state index < -0.39 is 36.0 Å². The van der Waals surface area contributed by atoms with Gasteiger partial charge < -0.3 is 10.5 Å². The first-order valence-electron chi connectivity index (χ1n) is 4.26. The highest BCUT2D eigenvalue weighted by atomic mass is 19.3. The smallest absolute Gasteiger partial charge is 0.341 e. The van der Waals surface area contributed by atoms with Crippen molar-refractivity contribution in [3.63, 3.8) is 0 Å². The van der Waals surface area contributed by atoms with Crippen molar-refractivity contribution in [2.75, 3.05) is 7.11 Å². The topological polar surface area (TPSA) is 65.2 Å². The molecule has 0 aliphatic rings. The van der Waals surface area contributed by atoms with Gasteiger partial charge in [0.15, 0.2) is 5.82 Å². The Hall–Kier alpha value is -1.63. The zero-order valence-electron chi connectivity index (χ0n) is 8.34. The maximum absolute atomic E-state index is 13.3. The van der Waals surface area contributed by atoms with E-state index in [1.807, 2.05) is 0 Å². The van der Waals surface area contributed by atoms with Gasteiger partial charge in [-0.2, -0.15) is 0 Å². The molecule has 1 rings (SSSR count). The summed E-state index contributed by atoms with van der Waals surface area (Å²) in [7, 11) is 1.02. The molecule has 0 spiro atoms. The van der Waals surface area contributed by atoms with Crippen LogP contribution in [-0.4, -0.2) is 18.1 Å². The van der Waals surface area contributed by atoms with E-state index in [-0.39, 0.29) is 5.56 Å². The summed E-state index contributed by atoms with van der Waals surface area (Å²) in [5, 5.41) is 0. The fraction of sp³-hybridized carbons (Fsp3) is 0.333. The van der Waals surface area contributed by atoms with Gasteiger partial charge in [0.2, 0.25) is 0 Å². The lowest BCUT2D eigenvalue weighted by molar-refractivity contribution is 0.0593. The molecule has 0 bridgehead atoms. The number of rotatable bonds is 3. The summed E-state index contributed by atoms with van der Waals surface area (Å²) >= 11 is 0. The van der Waals surface area contributed by atoms with Gasteiger partial charge in [-0.05, 0) is 0 Å². The number of hydrogen-bond donors (Lipinski definition) is 1. The monoisotopic (exact) mass is 234 g/mol. The summed E-state index contributed by atoms with van der Waals surface area (Å²) in [4.78, 5) is 14.4. The Morgan fingerprint density at radius 2 is 2.25 bits per heavy atom. The van der Waals surface area contributed by atoms with Crippen LogP contribution in [-0.2, 0) is 11.3 Å². The summed E-state index contributed by atoms with van der Waals surface area (Å²) in [6.07, 6.45) is -2.38. The Morgan fingerprint density at radius 1 is 1.62 bits per heavy atom. The minimum Gasteiger partial charge on any atom is -0.465 e. The maximum Gasteiger partial charge on any atom is 0.341 e. The second kappa shape index (κ2) is 4.93. The number of aromatic nitrogens is 1. The first kappa shape index (κ1) is 12.4. The highest BCUT2D eigenvalue weighted by Crippen LogP contribution is 2.25. The number of carbonyl (C=O) groups is 1. The van der Waals surface area contributed by atoms with Gasteiger partial charge in [-0.25, -0.2) is 18.0 Å². The number of nitrogens with zero attached hydrogens (tertiary/aromatic N) is 1. The standard InChI is InChI=1S/C9H9F3N2O2/c1-16-9(15)6-4(2-13)7(8(11)12)14-3-5(6)10/h3,8H,2,13H2,1H3. The first-order valence-corrected chi connectivity index (χ1v) is 4.26. The van der Waals surface area contributed by atoms with Crippen LogP contribution in [0.5, 0.6) is 0 Å². The third-order valence-corrected chi connectivity index (χ3v) is 1.97. The van der Waals surface area contributed by atoms with Gasteiger partial charge in [0.1, 0.15) is 11.3 Å². The molecule has 0 fully saturated rings. The van der Waals surface area contributed by atoms with Crippen LogP contribution < -0.4 is 5.73 Å². The van der Waals surface area contributed by atoms with E-state index in [0.717, 1.165) is 7.11 Å². The number of methoxy groups -OCH3 is 1. The average Bonchev–Trinajstić information content (AvgIpc) is 2.26. The van der Waals surface area contributed by atoms with Crippen LogP contribution in [0.2, 0.25) is 0 Å². The molecule has 0 unspecified atom stereocenters. The molecule has 0 aliphatic carbocycles. The lowest BCUT2D eigenvalue weighted by Crippen LogP contribution is -2.16. The molecule has 0 radical (unpaired) electrons. The van der Waals surface area contributed by atoms with Crippen molar-refractivity contribution in [3.05, 3.63) is 28.8 Å².